The van der Waals surface area contributed by atoms with Crippen molar-refractivity contribution in [1.82, 2.24) is 14.9 Å². The summed E-state index contributed by atoms with van der Waals surface area (Å²) in [5.41, 5.74) is 6.00. The van der Waals surface area contributed by atoms with Crippen molar-refractivity contribution in [2.45, 2.75) is 40.5 Å². The van der Waals surface area contributed by atoms with E-state index in [0.29, 0.717) is 13.2 Å². The first kappa shape index (κ1) is 27.1. The maximum absolute atomic E-state index is 6.07. The van der Waals surface area contributed by atoms with Gasteiger partial charge in [0.2, 0.25) is 0 Å². The van der Waals surface area contributed by atoms with Gasteiger partial charge in [-0.25, -0.2) is 9.97 Å². The van der Waals surface area contributed by atoms with E-state index in [2.05, 4.69) is 79.1 Å². The van der Waals surface area contributed by atoms with Gasteiger partial charge in [0.05, 0.1) is 17.8 Å². The molecule has 7 heteroatoms. The zero-order valence-corrected chi connectivity index (χ0v) is 22.7. The van der Waals surface area contributed by atoms with Crippen LogP contribution in [0.4, 0.5) is 11.5 Å². The molecule has 1 aromatic heterocycles. The summed E-state index contributed by atoms with van der Waals surface area (Å²) in [5, 5.41) is 4.47. The monoisotopic (exact) mass is 489 g/mol. The Morgan fingerprint density at radius 2 is 1.86 bits per heavy atom. The SMILES string of the molecule is CC/C=C\C(COc1ccc(Nc2ncnc3cc(OCCCN(C)C)c(C)cc23)c(C)c1C)=NC. The molecule has 7 nitrogen and oxygen atoms in total. The van der Waals surface area contributed by atoms with E-state index < -0.39 is 0 Å². The van der Waals surface area contributed by atoms with Crippen LogP contribution in [0, 0.1) is 20.8 Å². The molecular weight excluding hydrogens is 450 g/mol. The van der Waals surface area contributed by atoms with E-state index in [9.17, 15) is 0 Å². The van der Waals surface area contributed by atoms with Gasteiger partial charge >= 0.3 is 0 Å². The van der Waals surface area contributed by atoms with E-state index in [1.807, 2.05) is 24.3 Å². The van der Waals surface area contributed by atoms with Crippen molar-refractivity contribution in [2.75, 3.05) is 46.2 Å². The second-order valence-corrected chi connectivity index (χ2v) is 9.16. The first-order valence-electron chi connectivity index (χ1n) is 12.5. The van der Waals surface area contributed by atoms with Crippen molar-refractivity contribution in [1.29, 1.82) is 0 Å². The third-order valence-corrected chi connectivity index (χ3v) is 6.14. The maximum Gasteiger partial charge on any atom is 0.141 e. The number of aliphatic imine (C=N–C) groups is 1. The molecule has 2 aromatic carbocycles. The van der Waals surface area contributed by atoms with Gasteiger partial charge in [0.15, 0.2) is 0 Å². The molecule has 192 valence electrons. The molecule has 0 amide bonds. The minimum absolute atomic E-state index is 0.440. The van der Waals surface area contributed by atoms with Crippen LogP contribution in [0.15, 0.2) is 47.7 Å². The smallest absolute Gasteiger partial charge is 0.141 e. The number of hydrogen-bond donors (Lipinski definition) is 1. The van der Waals surface area contributed by atoms with E-state index >= 15 is 0 Å². The topological polar surface area (TPSA) is 71.9 Å². The molecule has 0 saturated carbocycles. The Hall–Kier alpha value is -3.45. The fourth-order valence-corrected chi connectivity index (χ4v) is 3.82. The molecule has 36 heavy (non-hydrogen) atoms. The number of aryl methyl sites for hydroxylation is 1. The minimum Gasteiger partial charge on any atom is -0.493 e. The molecule has 3 aromatic rings. The average molecular weight is 490 g/mol. The Kier molecular flexibility index (Phi) is 9.82. The first-order valence-corrected chi connectivity index (χ1v) is 12.5. The summed E-state index contributed by atoms with van der Waals surface area (Å²) in [4.78, 5) is 15.5. The molecule has 1 N–H and O–H groups in total. The minimum atomic E-state index is 0.440. The number of hydrogen-bond acceptors (Lipinski definition) is 7. The van der Waals surface area contributed by atoms with Gasteiger partial charge in [-0.2, -0.15) is 0 Å². The van der Waals surface area contributed by atoms with Gasteiger partial charge in [-0.15, -0.1) is 0 Å². The lowest BCUT2D eigenvalue weighted by Gasteiger charge is -2.17. The van der Waals surface area contributed by atoms with Crippen LogP contribution in [0.2, 0.25) is 0 Å². The Bertz CT molecular complexity index is 1230. The van der Waals surface area contributed by atoms with Crippen molar-refractivity contribution in [3.05, 3.63) is 59.4 Å². The third-order valence-electron chi connectivity index (χ3n) is 6.14. The molecule has 0 fully saturated rings. The molecule has 0 spiro atoms. The first-order chi connectivity index (χ1) is 17.3. The number of ether oxygens (including phenoxy) is 2. The summed E-state index contributed by atoms with van der Waals surface area (Å²) in [6.07, 6.45) is 7.64. The maximum atomic E-state index is 6.07. The molecular formula is C29H39N5O2. The summed E-state index contributed by atoms with van der Waals surface area (Å²) in [6, 6.07) is 8.12. The predicted molar refractivity (Wildman–Crippen MR) is 150 cm³/mol. The van der Waals surface area contributed by atoms with E-state index in [0.717, 1.165) is 75.7 Å². The molecule has 0 aliphatic carbocycles. The molecule has 0 radical (unpaired) electrons. The Balaban J connectivity index is 1.78. The number of nitrogens with zero attached hydrogens (tertiary/aromatic N) is 4. The number of nitrogens with one attached hydrogen (secondary N) is 1. The van der Waals surface area contributed by atoms with E-state index in [1.165, 1.54) is 0 Å². The largest absolute Gasteiger partial charge is 0.493 e. The number of allylic oxidation sites excluding steroid dienone is 1. The van der Waals surface area contributed by atoms with Gasteiger partial charge in [0, 0.05) is 30.7 Å². The van der Waals surface area contributed by atoms with Gasteiger partial charge in [-0.1, -0.05) is 13.0 Å². The van der Waals surface area contributed by atoms with Gasteiger partial charge in [-0.05, 0) is 88.7 Å². The number of rotatable bonds is 12. The highest BCUT2D eigenvalue weighted by atomic mass is 16.5. The Labute approximate surface area is 215 Å². The molecule has 1 heterocycles. The van der Waals surface area contributed by atoms with Crippen LogP contribution < -0.4 is 14.8 Å². The number of aromatic nitrogens is 2. The van der Waals surface area contributed by atoms with Crippen molar-refractivity contribution in [2.24, 2.45) is 4.99 Å². The summed E-state index contributed by atoms with van der Waals surface area (Å²) in [7, 11) is 5.93. The molecule has 3 rings (SSSR count). The normalized spacial score (nSPS) is 12.1. The van der Waals surface area contributed by atoms with Crippen molar-refractivity contribution < 1.29 is 9.47 Å². The van der Waals surface area contributed by atoms with Crippen LogP contribution in [0.5, 0.6) is 11.5 Å². The Morgan fingerprint density at radius 3 is 2.58 bits per heavy atom. The highest BCUT2D eigenvalue weighted by Gasteiger charge is 2.13. The summed E-state index contributed by atoms with van der Waals surface area (Å²) < 4.78 is 12.1. The fourth-order valence-electron chi connectivity index (χ4n) is 3.82. The fraction of sp³-hybridized carbons (Fsp3) is 0.414. The second-order valence-electron chi connectivity index (χ2n) is 9.16. The summed E-state index contributed by atoms with van der Waals surface area (Å²) in [5.74, 6) is 2.48. The van der Waals surface area contributed by atoms with Crippen LogP contribution in [0.1, 0.15) is 36.5 Å². The number of fused-ring (bicyclic) bond motifs is 1. The lowest BCUT2D eigenvalue weighted by Crippen LogP contribution is -2.15. The van der Waals surface area contributed by atoms with Crippen molar-refractivity contribution in [3.63, 3.8) is 0 Å². The van der Waals surface area contributed by atoms with E-state index in [-0.39, 0.29) is 0 Å². The van der Waals surface area contributed by atoms with E-state index in [1.54, 1.807) is 13.4 Å². The van der Waals surface area contributed by atoms with Gasteiger partial charge < -0.3 is 19.7 Å². The number of benzene rings is 2. The van der Waals surface area contributed by atoms with E-state index in [4.69, 9.17) is 9.47 Å². The molecule has 0 aliphatic rings. The molecule has 0 atom stereocenters. The zero-order valence-electron chi connectivity index (χ0n) is 22.7. The average Bonchev–Trinajstić information content (AvgIpc) is 2.86. The highest BCUT2D eigenvalue weighted by molar-refractivity contribution is 5.96. The lowest BCUT2D eigenvalue weighted by atomic mass is 10.1. The predicted octanol–water partition coefficient (Wildman–Crippen LogP) is 6.04. The lowest BCUT2D eigenvalue weighted by molar-refractivity contribution is 0.280. The third kappa shape index (κ3) is 7.04. The van der Waals surface area contributed by atoms with Crippen LogP contribution in [0.25, 0.3) is 10.9 Å². The Morgan fingerprint density at radius 1 is 1.06 bits per heavy atom. The van der Waals surface area contributed by atoms with Crippen LogP contribution in [-0.2, 0) is 0 Å². The van der Waals surface area contributed by atoms with Gasteiger partial charge in [0.1, 0.15) is 30.3 Å². The number of anilines is 2. The van der Waals surface area contributed by atoms with Crippen molar-refractivity contribution >= 4 is 28.1 Å². The van der Waals surface area contributed by atoms with Crippen molar-refractivity contribution in [3.8, 4) is 11.5 Å². The standard InChI is InChI=1S/C29H39N5O2/c1-8-9-11-23(30-5)18-36-27-13-12-25(21(3)22(27)4)33-29-24-16-20(2)28(17-26(24)31-19-32-29)35-15-10-14-34(6)7/h9,11-13,16-17,19H,8,10,14-15,18H2,1-7H3,(H,31,32,33)/b11-9-,30-23?. The molecule has 0 unspecified atom stereocenters. The molecule has 0 saturated heterocycles. The highest BCUT2D eigenvalue weighted by Crippen LogP contribution is 2.33. The van der Waals surface area contributed by atoms with Crippen LogP contribution in [-0.4, -0.2) is 61.5 Å². The van der Waals surface area contributed by atoms with Crippen LogP contribution in [0.3, 0.4) is 0 Å². The zero-order chi connectivity index (χ0) is 26.1. The quantitative estimate of drug-likeness (QED) is 0.247. The molecule has 0 bridgehead atoms. The summed E-state index contributed by atoms with van der Waals surface area (Å²) >= 11 is 0. The molecule has 0 aliphatic heterocycles. The van der Waals surface area contributed by atoms with Gasteiger partial charge in [-0.3, -0.25) is 4.99 Å². The second kappa shape index (κ2) is 13.0. The van der Waals surface area contributed by atoms with Crippen LogP contribution >= 0.6 is 0 Å². The summed E-state index contributed by atoms with van der Waals surface area (Å²) in [6.45, 7) is 10.4. The van der Waals surface area contributed by atoms with Gasteiger partial charge in [0.25, 0.3) is 0 Å².